The van der Waals surface area contributed by atoms with E-state index in [4.69, 9.17) is 5.26 Å². The van der Waals surface area contributed by atoms with Crippen molar-refractivity contribution in [3.63, 3.8) is 0 Å². The minimum Gasteiger partial charge on any atom is -0.281 e. The van der Waals surface area contributed by atoms with Crippen LogP contribution in [0.3, 0.4) is 0 Å². The van der Waals surface area contributed by atoms with E-state index in [1.54, 1.807) is 6.07 Å². The van der Waals surface area contributed by atoms with E-state index in [-0.39, 0.29) is 16.6 Å². The van der Waals surface area contributed by atoms with Crippen molar-refractivity contribution in [2.24, 2.45) is 0 Å². The monoisotopic (exact) mass is 370 g/mol. The maximum absolute atomic E-state index is 12.6. The number of sulfonamides is 1. The van der Waals surface area contributed by atoms with Crippen LogP contribution < -0.4 is 4.72 Å². The van der Waals surface area contributed by atoms with Crippen LogP contribution in [0.4, 0.5) is 18.9 Å². The minimum atomic E-state index is -4.58. The zero-order chi connectivity index (χ0) is 15.6. The van der Waals surface area contributed by atoms with Crippen LogP contribution in [0, 0.1) is 11.3 Å². The Kier molecular flexibility index (Phi) is 5.05. The molecule has 0 aromatic heterocycles. The van der Waals surface area contributed by atoms with Gasteiger partial charge < -0.3 is 0 Å². The van der Waals surface area contributed by atoms with E-state index < -0.39 is 27.0 Å². The van der Waals surface area contributed by atoms with Crippen LogP contribution in [-0.4, -0.2) is 13.7 Å². The van der Waals surface area contributed by atoms with Crippen molar-refractivity contribution in [1.29, 1.82) is 5.26 Å². The molecule has 9 heteroatoms. The molecule has 0 saturated carbocycles. The molecule has 0 aliphatic rings. The summed E-state index contributed by atoms with van der Waals surface area (Å²) in [4.78, 5) is 0. The SMILES string of the molecule is CCC(C#N)S(=O)(=O)Nc1cc(C(F)(F)F)ccc1Br. The Hall–Kier alpha value is -1.27. The molecule has 0 bridgehead atoms. The van der Waals surface area contributed by atoms with Crippen molar-refractivity contribution < 1.29 is 21.6 Å². The maximum Gasteiger partial charge on any atom is 0.416 e. The highest BCUT2D eigenvalue weighted by Crippen LogP contribution is 2.34. The first kappa shape index (κ1) is 16.8. The summed E-state index contributed by atoms with van der Waals surface area (Å²) in [6, 6.07) is 4.18. The van der Waals surface area contributed by atoms with Crippen molar-refractivity contribution in [3.05, 3.63) is 28.2 Å². The topological polar surface area (TPSA) is 70.0 Å². The molecule has 0 saturated heterocycles. The molecule has 1 rings (SSSR count). The van der Waals surface area contributed by atoms with Crippen molar-refractivity contribution >= 4 is 31.6 Å². The van der Waals surface area contributed by atoms with Gasteiger partial charge in [-0.3, -0.25) is 4.72 Å². The van der Waals surface area contributed by atoms with Crippen LogP contribution >= 0.6 is 15.9 Å². The largest absolute Gasteiger partial charge is 0.416 e. The Morgan fingerprint density at radius 3 is 2.50 bits per heavy atom. The van der Waals surface area contributed by atoms with E-state index in [2.05, 4.69) is 15.9 Å². The van der Waals surface area contributed by atoms with Crippen LogP contribution in [0.25, 0.3) is 0 Å². The molecular formula is C11H10BrF3N2O2S. The number of halogens is 4. The average Bonchev–Trinajstić information content (AvgIpc) is 2.31. The molecule has 1 atom stereocenters. The molecule has 4 nitrogen and oxygen atoms in total. The van der Waals surface area contributed by atoms with E-state index in [1.807, 2.05) is 4.72 Å². The summed E-state index contributed by atoms with van der Waals surface area (Å²) >= 11 is 2.97. The number of alkyl halides is 3. The second-order valence-electron chi connectivity index (χ2n) is 3.87. The lowest BCUT2D eigenvalue weighted by Gasteiger charge is -2.14. The number of benzene rings is 1. The Morgan fingerprint density at radius 2 is 2.05 bits per heavy atom. The molecule has 0 aliphatic heterocycles. The lowest BCUT2D eigenvalue weighted by Crippen LogP contribution is -2.26. The van der Waals surface area contributed by atoms with Crippen LogP contribution in [0.5, 0.6) is 0 Å². The minimum absolute atomic E-state index is 0.0302. The van der Waals surface area contributed by atoms with E-state index in [9.17, 15) is 21.6 Å². The Bertz CT molecular complexity index is 638. The molecule has 1 N–H and O–H groups in total. The van der Waals surface area contributed by atoms with Gasteiger partial charge in [-0.1, -0.05) is 6.92 Å². The Morgan fingerprint density at radius 1 is 1.45 bits per heavy atom. The second-order valence-corrected chi connectivity index (χ2v) is 6.58. The number of hydrogen-bond acceptors (Lipinski definition) is 3. The number of nitrogens with one attached hydrogen (secondary N) is 1. The van der Waals surface area contributed by atoms with Crippen molar-refractivity contribution in [3.8, 4) is 6.07 Å². The van der Waals surface area contributed by atoms with Gasteiger partial charge in [0, 0.05) is 4.47 Å². The number of hydrogen-bond donors (Lipinski definition) is 1. The summed E-state index contributed by atoms with van der Waals surface area (Å²) in [6.07, 6.45) is -4.55. The summed E-state index contributed by atoms with van der Waals surface area (Å²) in [5.41, 5.74) is -1.24. The molecule has 0 aliphatic carbocycles. The van der Waals surface area contributed by atoms with Gasteiger partial charge in [-0.15, -0.1) is 0 Å². The zero-order valence-electron chi connectivity index (χ0n) is 10.2. The molecule has 20 heavy (non-hydrogen) atoms. The highest BCUT2D eigenvalue weighted by atomic mass is 79.9. The van der Waals surface area contributed by atoms with Crippen LogP contribution in [-0.2, 0) is 16.2 Å². The fourth-order valence-corrected chi connectivity index (χ4v) is 3.06. The summed E-state index contributed by atoms with van der Waals surface area (Å²) in [5, 5.41) is 7.40. The highest BCUT2D eigenvalue weighted by molar-refractivity contribution is 9.10. The first-order valence-corrected chi connectivity index (χ1v) is 7.73. The zero-order valence-corrected chi connectivity index (χ0v) is 12.6. The summed E-state index contributed by atoms with van der Waals surface area (Å²) in [5.74, 6) is 0. The predicted molar refractivity (Wildman–Crippen MR) is 71.4 cm³/mol. The van der Waals surface area contributed by atoms with Gasteiger partial charge in [0.05, 0.1) is 17.3 Å². The van der Waals surface area contributed by atoms with Gasteiger partial charge in [0.1, 0.15) is 0 Å². The normalized spacial score (nSPS) is 13.6. The standard InChI is InChI=1S/C11H10BrF3N2O2S/c1-2-8(6-16)20(18,19)17-10-5-7(11(13,14)15)3-4-9(10)12/h3-5,8,17H,2H2,1H3. The Balaban J connectivity index is 3.19. The van der Waals surface area contributed by atoms with E-state index in [0.717, 1.165) is 12.1 Å². The van der Waals surface area contributed by atoms with Gasteiger partial charge in [0.2, 0.25) is 10.0 Å². The molecular weight excluding hydrogens is 361 g/mol. The van der Waals surface area contributed by atoms with Crippen LogP contribution in [0.2, 0.25) is 0 Å². The van der Waals surface area contributed by atoms with Gasteiger partial charge in [-0.25, -0.2) is 8.42 Å². The first-order chi connectivity index (χ1) is 9.11. The first-order valence-electron chi connectivity index (χ1n) is 5.39. The van der Waals surface area contributed by atoms with Crippen LogP contribution in [0.1, 0.15) is 18.9 Å². The highest BCUT2D eigenvalue weighted by Gasteiger charge is 2.32. The van der Waals surface area contributed by atoms with Crippen molar-refractivity contribution in [2.75, 3.05) is 4.72 Å². The molecule has 0 heterocycles. The lowest BCUT2D eigenvalue weighted by atomic mass is 10.2. The number of rotatable bonds is 4. The van der Waals surface area contributed by atoms with Gasteiger partial charge in [-0.2, -0.15) is 18.4 Å². The van der Waals surface area contributed by atoms with Gasteiger partial charge >= 0.3 is 6.18 Å². The second kappa shape index (κ2) is 6.01. The third-order valence-electron chi connectivity index (χ3n) is 2.44. The molecule has 110 valence electrons. The molecule has 1 unspecified atom stereocenters. The average molecular weight is 371 g/mol. The van der Waals surface area contributed by atoms with E-state index in [1.165, 1.54) is 6.92 Å². The maximum atomic E-state index is 12.6. The summed E-state index contributed by atoms with van der Waals surface area (Å²) in [7, 11) is -4.07. The third-order valence-corrected chi connectivity index (χ3v) is 4.82. The molecule has 0 amide bonds. The quantitative estimate of drug-likeness (QED) is 0.881. The van der Waals surface area contributed by atoms with Crippen molar-refractivity contribution in [1.82, 2.24) is 0 Å². The predicted octanol–water partition coefficient (Wildman–Crippen LogP) is 3.51. The van der Waals surface area contributed by atoms with E-state index in [0.29, 0.717) is 6.07 Å². The number of anilines is 1. The molecule has 0 radical (unpaired) electrons. The fraction of sp³-hybridized carbons (Fsp3) is 0.364. The van der Waals surface area contributed by atoms with Crippen molar-refractivity contribution in [2.45, 2.75) is 24.8 Å². The smallest absolute Gasteiger partial charge is 0.281 e. The fourth-order valence-electron chi connectivity index (χ4n) is 1.38. The molecule has 0 fully saturated rings. The summed E-state index contributed by atoms with van der Waals surface area (Å²) in [6.45, 7) is 1.49. The molecule has 0 spiro atoms. The van der Waals surface area contributed by atoms with E-state index >= 15 is 0 Å². The third kappa shape index (κ3) is 3.86. The number of nitrogens with zero attached hydrogens (tertiary/aromatic N) is 1. The number of nitriles is 1. The lowest BCUT2D eigenvalue weighted by molar-refractivity contribution is -0.137. The van der Waals surface area contributed by atoms with Gasteiger partial charge in [-0.05, 0) is 40.5 Å². The van der Waals surface area contributed by atoms with Gasteiger partial charge in [0.25, 0.3) is 0 Å². The van der Waals surface area contributed by atoms with Crippen LogP contribution in [0.15, 0.2) is 22.7 Å². The van der Waals surface area contributed by atoms with Gasteiger partial charge in [0.15, 0.2) is 5.25 Å². The summed E-state index contributed by atoms with van der Waals surface area (Å²) < 4.78 is 63.6. The Labute approximate surface area is 122 Å². The molecule has 1 aromatic carbocycles. The molecule has 1 aromatic rings.